The number of carboxylic acid groups (broad SMARTS) is 1. The van der Waals surface area contributed by atoms with Gasteiger partial charge < -0.3 is 16.2 Å². The predicted octanol–water partition coefficient (Wildman–Crippen LogP) is 0.139. The minimum atomic E-state index is -3.39. The Kier molecular flexibility index (Phi) is 4.85. The zero-order valence-corrected chi connectivity index (χ0v) is 11.9. The second-order valence-electron chi connectivity index (χ2n) is 4.44. The molecule has 1 atom stereocenters. The van der Waals surface area contributed by atoms with Crippen molar-refractivity contribution in [2.24, 2.45) is 5.73 Å². The van der Waals surface area contributed by atoms with Crippen molar-refractivity contribution in [2.45, 2.75) is 24.3 Å². The van der Waals surface area contributed by atoms with Gasteiger partial charge in [-0.1, -0.05) is 6.07 Å². The third-order valence-electron chi connectivity index (χ3n) is 2.63. The number of anilines is 1. The number of benzene rings is 1. The highest BCUT2D eigenvalue weighted by Crippen LogP contribution is 2.20. The third kappa shape index (κ3) is 4.32. The average molecular weight is 300 g/mol. The number of sulfone groups is 1. The summed E-state index contributed by atoms with van der Waals surface area (Å²) in [6.45, 7) is 1.68. The largest absolute Gasteiger partial charge is 0.481 e. The van der Waals surface area contributed by atoms with Crippen LogP contribution in [-0.4, -0.2) is 37.7 Å². The van der Waals surface area contributed by atoms with E-state index in [9.17, 15) is 18.0 Å². The first-order valence-electron chi connectivity index (χ1n) is 5.70. The summed E-state index contributed by atoms with van der Waals surface area (Å²) in [5, 5.41) is 11.0. The highest BCUT2D eigenvalue weighted by Gasteiger charge is 2.18. The maximum absolute atomic E-state index is 11.7. The fourth-order valence-corrected chi connectivity index (χ4v) is 2.12. The van der Waals surface area contributed by atoms with E-state index in [2.05, 4.69) is 5.32 Å². The van der Waals surface area contributed by atoms with E-state index in [0.29, 0.717) is 11.3 Å². The number of aliphatic carboxylic acids is 1. The van der Waals surface area contributed by atoms with E-state index in [1.165, 1.54) is 12.1 Å². The Morgan fingerprint density at radius 3 is 2.50 bits per heavy atom. The van der Waals surface area contributed by atoms with Crippen LogP contribution in [0, 0.1) is 6.92 Å². The summed E-state index contributed by atoms with van der Waals surface area (Å²) in [7, 11) is -3.39. The Labute approximate surface area is 116 Å². The molecule has 8 heteroatoms. The first-order valence-corrected chi connectivity index (χ1v) is 7.59. The van der Waals surface area contributed by atoms with Crippen LogP contribution in [0.2, 0.25) is 0 Å². The molecule has 0 aliphatic carbocycles. The third-order valence-corrected chi connectivity index (χ3v) is 3.74. The van der Waals surface area contributed by atoms with Crippen LogP contribution in [0.5, 0.6) is 0 Å². The van der Waals surface area contributed by atoms with Gasteiger partial charge in [0.2, 0.25) is 5.91 Å². The molecule has 4 N–H and O–H groups in total. The maximum Gasteiger partial charge on any atom is 0.305 e. The van der Waals surface area contributed by atoms with Crippen LogP contribution in [-0.2, 0) is 19.4 Å². The zero-order valence-electron chi connectivity index (χ0n) is 11.1. The number of nitrogens with two attached hydrogens (primary N) is 1. The number of carbonyl (C=O) groups excluding carboxylic acids is 1. The van der Waals surface area contributed by atoms with Crippen molar-refractivity contribution < 1.29 is 23.1 Å². The number of hydrogen-bond acceptors (Lipinski definition) is 5. The molecule has 1 aromatic carbocycles. The quantitative estimate of drug-likeness (QED) is 0.710. The number of carbonyl (C=O) groups is 2. The standard InChI is InChI=1S/C12H16N2O5S/c1-7-3-4-8(20(2,18)19)5-10(7)14-12(17)9(13)6-11(15)16/h3-5,9H,6,13H2,1-2H3,(H,14,17)(H,15,16). The topological polar surface area (TPSA) is 127 Å². The number of hydrogen-bond donors (Lipinski definition) is 3. The van der Waals surface area contributed by atoms with Crippen molar-refractivity contribution in [2.75, 3.05) is 11.6 Å². The molecular formula is C12H16N2O5S. The van der Waals surface area contributed by atoms with Crippen LogP contribution < -0.4 is 11.1 Å². The number of amides is 1. The van der Waals surface area contributed by atoms with Gasteiger partial charge in [0.1, 0.15) is 0 Å². The minimum absolute atomic E-state index is 0.0604. The lowest BCUT2D eigenvalue weighted by atomic mass is 10.1. The van der Waals surface area contributed by atoms with Gasteiger partial charge in [0.15, 0.2) is 9.84 Å². The van der Waals surface area contributed by atoms with E-state index >= 15 is 0 Å². The van der Waals surface area contributed by atoms with Crippen molar-refractivity contribution in [3.05, 3.63) is 23.8 Å². The van der Waals surface area contributed by atoms with Crippen LogP contribution in [0.25, 0.3) is 0 Å². The van der Waals surface area contributed by atoms with Gasteiger partial charge in [-0.3, -0.25) is 9.59 Å². The number of nitrogens with one attached hydrogen (secondary N) is 1. The second kappa shape index (κ2) is 6.02. The Balaban J connectivity index is 2.98. The van der Waals surface area contributed by atoms with Crippen molar-refractivity contribution in [1.82, 2.24) is 0 Å². The highest BCUT2D eigenvalue weighted by molar-refractivity contribution is 7.90. The molecule has 20 heavy (non-hydrogen) atoms. The SMILES string of the molecule is Cc1ccc(S(C)(=O)=O)cc1NC(=O)C(N)CC(=O)O. The van der Waals surface area contributed by atoms with Crippen LogP contribution in [0.15, 0.2) is 23.1 Å². The number of rotatable bonds is 5. The Morgan fingerprint density at radius 2 is 2.00 bits per heavy atom. The summed E-state index contributed by atoms with van der Waals surface area (Å²) in [6, 6.07) is 3.09. The maximum atomic E-state index is 11.7. The fourth-order valence-electron chi connectivity index (χ4n) is 1.47. The summed E-state index contributed by atoms with van der Waals surface area (Å²) in [5.41, 5.74) is 6.37. The van der Waals surface area contributed by atoms with Gasteiger partial charge in [0.05, 0.1) is 17.4 Å². The highest BCUT2D eigenvalue weighted by atomic mass is 32.2. The van der Waals surface area contributed by atoms with E-state index in [1.54, 1.807) is 13.0 Å². The number of aryl methyl sites for hydroxylation is 1. The Morgan fingerprint density at radius 1 is 1.40 bits per heavy atom. The summed E-state index contributed by atoms with van der Waals surface area (Å²) in [6.07, 6.45) is 0.552. The van der Waals surface area contributed by atoms with E-state index < -0.39 is 34.2 Å². The molecule has 1 unspecified atom stereocenters. The first-order chi connectivity index (χ1) is 9.11. The van der Waals surface area contributed by atoms with E-state index in [4.69, 9.17) is 10.8 Å². The molecule has 0 fully saturated rings. The van der Waals surface area contributed by atoms with Crippen molar-refractivity contribution in [1.29, 1.82) is 0 Å². The summed E-state index contributed by atoms with van der Waals surface area (Å²) < 4.78 is 22.9. The van der Waals surface area contributed by atoms with Gasteiger partial charge in [0, 0.05) is 11.9 Å². The van der Waals surface area contributed by atoms with Gasteiger partial charge in [-0.05, 0) is 24.6 Å². The molecule has 0 spiro atoms. The van der Waals surface area contributed by atoms with Gasteiger partial charge >= 0.3 is 5.97 Å². The van der Waals surface area contributed by atoms with Crippen LogP contribution in [0.1, 0.15) is 12.0 Å². The van der Waals surface area contributed by atoms with Crippen molar-refractivity contribution in [3.63, 3.8) is 0 Å². The fraction of sp³-hybridized carbons (Fsp3) is 0.333. The van der Waals surface area contributed by atoms with Gasteiger partial charge in [-0.15, -0.1) is 0 Å². The lowest BCUT2D eigenvalue weighted by molar-refractivity contribution is -0.138. The van der Waals surface area contributed by atoms with E-state index in [1.807, 2.05) is 0 Å². The summed E-state index contributed by atoms with van der Waals surface area (Å²) in [4.78, 5) is 22.3. The lowest BCUT2D eigenvalue weighted by Crippen LogP contribution is -2.37. The van der Waals surface area contributed by atoms with Gasteiger partial charge in [-0.25, -0.2) is 8.42 Å². The van der Waals surface area contributed by atoms with E-state index in [0.717, 1.165) is 6.26 Å². The molecule has 1 rings (SSSR count). The lowest BCUT2D eigenvalue weighted by Gasteiger charge is -2.13. The minimum Gasteiger partial charge on any atom is -0.481 e. The average Bonchev–Trinajstić information content (AvgIpc) is 2.29. The molecule has 1 aromatic rings. The molecule has 110 valence electrons. The summed E-state index contributed by atoms with van der Waals surface area (Å²) >= 11 is 0. The second-order valence-corrected chi connectivity index (χ2v) is 6.46. The molecule has 0 aromatic heterocycles. The molecule has 0 aliphatic heterocycles. The summed E-state index contributed by atoms with van der Waals surface area (Å²) in [5.74, 6) is -1.87. The normalized spacial score (nSPS) is 12.8. The smallest absolute Gasteiger partial charge is 0.305 e. The molecule has 0 saturated carbocycles. The Hall–Kier alpha value is -1.93. The zero-order chi connectivity index (χ0) is 15.5. The first kappa shape index (κ1) is 16.1. The van der Waals surface area contributed by atoms with Crippen molar-refractivity contribution in [3.8, 4) is 0 Å². The van der Waals surface area contributed by atoms with Crippen LogP contribution >= 0.6 is 0 Å². The molecule has 0 bridgehead atoms. The van der Waals surface area contributed by atoms with Gasteiger partial charge in [-0.2, -0.15) is 0 Å². The molecule has 0 saturated heterocycles. The molecule has 0 radical (unpaired) electrons. The van der Waals surface area contributed by atoms with Gasteiger partial charge in [0.25, 0.3) is 0 Å². The molecule has 0 heterocycles. The van der Waals surface area contributed by atoms with Crippen molar-refractivity contribution >= 4 is 27.4 Å². The van der Waals surface area contributed by atoms with E-state index in [-0.39, 0.29) is 4.90 Å². The van der Waals surface area contributed by atoms with Crippen LogP contribution in [0.4, 0.5) is 5.69 Å². The number of carboxylic acids is 1. The van der Waals surface area contributed by atoms with Crippen LogP contribution in [0.3, 0.4) is 0 Å². The Bertz CT molecular complexity index is 639. The molecule has 1 amide bonds. The predicted molar refractivity (Wildman–Crippen MR) is 73.1 cm³/mol. The molecular weight excluding hydrogens is 284 g/mol. The molecule has 7 nitrogen and oxygen atoms in total. The monoisotopic (exact) mass is 300 g/mol. The molecule has 0 aliphatic rings.